The second-order valence-electron chi connectivity index (χ2n) is 6.61. The molecule has 0 unspecified atom stereocenters. The number of benzene rings is 1. The number of hydrogen-bond acceptors (Lipinski definition) is 6. The van der Waals surface area contributed by atoms with Gasteiger partial charge in [-0.25, -0.2) is 20.0 Å². The molecule has 1 aliphatic heterocycles. The van der Waals surface area contributed by atoms with Crippen molar-refractivity contribution in [1.29, 1.82) is 0 Å². The molecule has 3 aromatic rings. The Bertz CT molecular complexity index is 956. The van der Waals surface area contributed by atoms with Crippen LogP contribution in [0, 0.1) is 6.92 Å². The Morgan fingerprint density at radius 2 is 2.00 bits per heavy atom. The van der Waals surface area contributed by atoms with Crippen LogP contribution in [0.5, 0.6) is 0 Å². The number of para-hydroxylation sites is 2. The van der Waals surface area contributed by atoms with Gasteiger partial charge in [0.25, 0.3) is 0 Å². The van der Waals surface area contributed by atoms with E-state index in [-0.39, 0.29) is 0 Å². The molecule has 3 heterocycles. The second kappa shape index (κ2) is 6.40. The monoisotopic (exact) mass is 349 g/mol. The lowest BCUT2D eigenvalue weighted by Crippen LogP contribution is -2.46. The highest BCUT2D eigenvalue weighted by atomic mass is 15.5. The molecule has 0 radical (unpaired) electrons. The summed E-state index contributed by atoms with van der Waals surface area (Å²) in [5.41, 5.74) is 2.23. The molecule has 1 aliphatic rings. The second-order valence-corrected chi connectivity index (χ2v) is 6.61. The number of aromatic nitrogens is 4. The Morgan fingerprint density at radius 1 is 1.23 bits per heavy atom. The fraction of sp³-hybridized carbons (Fsp3) is 0.368. The minimum Gasteiger partial charge on any atom is -0.355 e. The molecule has 0 amide bonds. The van der Waals surface area contributed by atoms with Crippen molar-refractivity contribution in [3.63, 3.8) is 0 Å². The minimum atomic E-state index is 0.408. The zero-order chi connectivity index (χ0) is 18.3. The fourth-order valence-corrected chi connectivity index (χ4v) is 3.52. The van der Waals surface area contributed by atoms with Gasteiger partial charge < -0.3 is 9.47 Å². The lowest BCUT2D eigenvalue weighted by molar-refractivity contribution is 0.485. The average molecular weight is 349 g/mol. The predicted molar refractivity (Wildman–Crippen MR) is 105 cm³/mol. The van der Waals surface area contributed by atoms with Crippen molar-refractivity contribution >= 4 is 29.4 Å². The van der Waals surface area contributed by atoms with E-state index in [9.17, 15) is 0 Å². The highest BCUT2D eigenvalue weighted by Gasteiger charge is 2.33. The van der Waals surface area contributed by atoms with E-state index < -0.39 is 0 Å². The Labute approximate surface area is 153 Å². The Hall–Kier alpha value is -2.96. The first kappa shape index (κ1) is 16.5. The van der Waals surface area contributed by atoms with Crippen molar-refractivity contribution in [1.82, 2.24) is 19.5 Å². The summed E-state index contributed by atoms with van der Waals surface area (Å²) >= 11 is 0. The van der Waals surface area contributed by atoms with Gasteiger partial charge in [-0.1, -0.05) is 12.1 Å². The first-order chi connectivity index (χ1) is 12.6. The number of aryl methyl sites for hydroxylation is 2. The maximum absolute atomic E-state index is 4.82. The van der Waals surface area contributed by atoms with Crippen molar-refractivity contribution in [2.45, 2.75) is 19.8 Å². The first-order valence-corrected chi connectivity index (χ1v) is 8.87. The van der Waals surface area contributed by atoms with Gasteiger partial charge >= 0.3 is 0 Å². The molecular weight excluding hydrogens is 326 g/mol. The summed E-state index contributed by atoms with van der Waals surface area (Å²) < 4.78 is 2.20. The van der Waals surface area contributed by atoms with Gasteiger partial charge in [0.15, 0.2) is 5.82 Å². The summed E-state index contributed by atoms with van der Waals surface area (Å²) in [5.74, 6) is 4.01. The van der Waals surface area contributed by atoms with Crippen molar-refractivity contribution in [2.24, 2.45) is 12.1 Å². The average Bonchev–Trinajstić information content (AvgIpc) is 2.91. The molecule has 0 atom stereocenters. The van der Waals surface area contributed by atoms with Crippen LogP contribution < -0.4 is 9.91 Å². The largest absolute Gasteiger partial charge is 0.355 e. The number of fused-ring (bicyclic) bond motifs is 1. The van der Waals surface area contributed by atoms with Gasteiger partial charge in [0.1, 0.15) is 17.5 Å². The van der Waals surface area contributed by atoms with Crippen LogP contribution in [-0.4, -0.2) is 45.9 Å². The zero-order valence-corrected chi connectivity index (χ0v) is 15.4. The molecule has 26 heavy (non-hydrogen) atoms. The topological polar surface area (TPSA) is 62.4 Å². The third kappa shape index (κ3) is 2.69. The number of anilines is 2. The molecule has 1 saturated heterocycles. The Balaban J connectivity index is 1.56. The van der Waals surface area contributed by atoms with Crippen LogP contribution in [-0.2, 0) is 7.05 Å². The number of nitrogens with zero attached hydrogens (tertiary/aromatic N) is 7. The smallest absolute Gasteiger partial charge is 0.154 e. The SMILES string of the molecule is C=NN(CC)c1cc(N2CC(c3nc4ccccc4n3C)C2)nc(C)n1. The molecular formula is C19H23N7. The van der Waals surface area contributed by atoms with E-state index in [0.29, 0.717) is 5.92 Å². The van der Waals surface area contributed by atoms with Crippen LogP contribution in [0.3, 0.4) is 0 Å². The van der Waals surface area contributed by atoms with Crippen LogP contribution in [0.1, 0.15) is 24.5 Å². The lowest BCUT2D eigenvalue weighted by Gasteiger charge is -2.40. The standard InChI is InChI=1S/C19H23N7/c1-5-26(20-3)18-10-17(21-13(2)22-18)25-11-14(12-25)19-23-15-8-6-7-9-16(15)24(19)4/h6-10,14H,3,5,11-12H2,1-2,4H3. The Kier molecular flexibility index (Phi) is 4.06. The number of imidazole rings is 1. The highest BCUT2D eigenvalue weighted by Crippen LogP contribution is 2.32. The third-order valence-corrected chi connectivity index (χ3v) is 4.94. The quantitative estimate of drug-likeness (QED) is 0.523. The molecule has 1 fully saturated rings. The molecule has 2 aromatic heterocycles. The normalized spacial score (nSPS) is 14.5. The summed E-state index contributed by atoms with van der Waals surface area (Å²) in [6, 6.07) is 10.3. The van der Waals surface area contributed by atoms with E-state index in [1.807, 2.05) is 26.0 Å². The van der Waals surface area contributed by atoms with Gasteiger partial charge in [0.05, 0.1) is 17.0 Å². The van der Waals surface area contributed by atoms with E-state index in [0.717, 1.165) is 48.4 Å². The van der Waals surface area contributed by atoms with Crippen LogP contribution >= 0.6 is 0 Å². The summed E-state index contributed by atoms with van der Waals surface area (Å²) in [5, 5.41) is 5.80. The van der Waals surface area contributed by atoms with Gasteiger partial charge in [-0.15, -0.1) is 0 Å². The molecule has 134 valence electrons. The summed E-state index contributed by atoms with van der Waals surface area (Å²) in [6.07, 6.45) is 0. The maximum Gasteiger partial charge on any atom is 0.154 e. The predicted octanol–water partition coefficient (Wildman–Crippen LogP) is 2.72. The highest BCUT2D eigenvalue weighted by molar-refractivity contribution is 5.76. The molecule has 4 rings (SSSR count). The summed E-state index contributed by atoms with van der Waals surface area (Å²) in [6.45, 7) is 10.1. The van der Waals surface area contributed by atoms with Crippen LogP contribution in [0.25, 0.3) is 11.0 Å². The summed E-state index contributed by atoms with van der Waals surface area (Å²) in [4.78, 5) is 16.2. The number of hydrazone groups is 1. The van der Waals surface area contributed by atoms with Gasteiger partial charge in [-0.3, -0.25) is 0 Å². The van der Waals surface area contributed by atoms with Gasteiger partial charge in [-0.2, -0.15) is 5.10 Å². The van der Waals surface area contributed by atoms with E-state index in [1.165, 1.54) is 5.52 Å². The molecule has 0 bridgehead atoms. The minimum absolute atomic E-state index is 0.408. The van der Waals surface area contributed by atoms with Crippen LogP contribution in [0.2, 0.25) is 0 Å². The lowest BCUT2D eigenvalue weighted by atomic mass is 9.99. The molecule has 0 aliphatic carbocycles. The first-order valence-electron chi connectivity index (χ1n) is 8.87. The Morgan fingerprint density at radius 3 is 2.69 bits per heavy atom. The van der Waals surface area contributed by atoms with Crippen molar-refractivity contribution in [3.05, 3.63) is 42.0 Å². The summed E-state index contributed by atoms with van der Waals surface area (Å²) in [7, 11) is 2.09. The molecule has 1 aromatic carbocycles. The van der Waals surface area contributed by atoms with E-state index in [4.69, 9.17) is 4.98 Å². The van der Waals surface area contributed by atoms with Gasteiger partial charge in [0, 0.05) is 39.5 Å². The molecule has 7 heteroatoms. The maximum atomic E-state index is 4.82. The van der Waals surface area contributed by atoms with E-state index >= 15 is 0 Å². The van der Waals surface area contributed by atoms with Crippen molar-refractivity contribution in [2.75, 3.05) is 29.5 Å². The number of rotatable bonds is 5. The van der Waals surface area contributed by atoms with Gasteiger partial charge in [-0.05, 0) is 26.0 Å². The van der Waals surface area contributed by atoms with E-state index in [1.54, 1.807) is 5.01 Å². The zero-order valence-electron chi connectivity index (χ0n) is 15.4. The molecule has 0 saturated carbocycles. The van der Waals surface area contributed by atoms with Crippen molar-refractivity contribution < 1.29 is 0 Å². The van der Waals surface area contributed by atoms with Gasteiger partial charge in [0.2, 0.25) is 0 Å². The molecule has 7 nitrogen and oxygen atoms in total. The van der Waals surface area contributed by atoms with Crippen LogP contribution in [0.4, 0.5) is 11.6 Å². The van der Waals surface area contributed by atoms with Crippen LogP contribution in [0.15, 0.2) is 35.4 Å². The fourth-order valence-electron chi connectivity index (χ4n) is 3.52. The van der Waals surface area contributed by atoms with E-state index in [2.05, 4.69) is 56.5 Å². The third-order valence-electron chi connectivity index (χ3n) is 4.94. The number of hydrogen-bond donors (Lipinski definition) is 0. The molecule has 0 spiro atoms. The molecule has 0 N–H and O–H groups in total. The van der Waals surface area contributed by atoms with Crippen molar-refractivity contribution in [3.8, 4) is 0 Å².